The molecule has 1 heterocycles. The lowest BCUT2D eigenvalue weighted by molar-refractivity contribution is -0.112. The summed E-state index contributed by atoms with van der Waals surface area (Å²) < 4.78 is 0.767. The van der Waals surface area contributed by atoms with Crippen LogP contribution in [0.2, 0.25) is 0 Å². The molecule has 0 radical (unpaired) electrons. The maximum atomic E-state index is 11.7. The van der Waals surface area contributed by atoms with Gasteiger partial charge >= 0.3 is 0 Å². The van der Waals surface area contributed by atoms with Crippen LogP contribution in [0.5, 0.6) is 0 Å². The number of carbonyl (C=O) groups is 1. The minimum atomic E-state index is -0.0749. The number of rotatable bonds is 3. The monoisotopic (exact) mass is 282 g/mol. The molecule has 0 fully saturated rings. The van der Waals surface area contributed by atoms with E-state index in [-0.39, 0.29) is 5.91 Å². The molecule has 0 bridgehead atoms. The zero-order valence-electron chi connectivity index (χ0n) is 9.67. The van der Waals surface area contributed by atoms with Crippen LogP contribution in [0, 0.1) is 6.92 Å². The van der Waals surface area contributed by atoms with Gasteiger partial charge in [0.1, 0.15) is 4.60 Å². The fourth-order valence-corrected chi connectivity index (χ4v) is 1.68. The zero-order valence-corrected chi connectivity index (χ0v) is 11.3. The second-order valence-corrected chi connectivity index (χ2v) is 4.33. The van der Waals surface area contributed by atoms with Crippen molar-refractivity contribution < 1.29 is 4.79 Å². The first-order valence-electron chi connectivity index (χ1n) is 5.16. The predicted octanol–water partition coefficient (Wildman–Crippen LogP) is 3.45. The van der Waals surface area contributed by atoms with Gasteiger partial charge in [-0.05, 0) is 48.3 Å². The Morgan fingerprint density at radius 1 is 1.56 bits per heavy atom. The summed E-state index contributed by atoms with van der Waals surface area (Å²) in [5.74, 6) is -0.0749. The van der Waals surface area contributed by atoms with Crippen molar-refractivity contribution in [3.63, 3.8) is 0 Å². The number of pyridine rings is 1. The molecule has 0 saturated carbocycles. The molecule has 1 aromatic rings. The van der Waals surface area contributed by atoms with Gasteiger partial charge < -0.3 is 5.32 Å². The summed E-state index contributed by atoms with van der Waals surface area (Å²) in [7, 11) is 0. The number of amides is 1. The highest BCUT2D eigenvalue weighted by Crippen LogP contribution is 2.16. The maximum absolute atomic E-state index is 11.7. The summed E-state index contributed by atoms with van der Waals surface area (Å²) in [6, 6.07) is 3.64. The van der Waals surface area contributed by atoms with Gasteiger partial charge in [0.15, 0.2) is 0 Å². The van der Waals surface area contributed by atoms with Gasteiger partial charge in [-0.15, -0.1) is 0 Å². The molecule has 0 spiro atoms. The minimum Gasteiger partial charge on any atom is -0.321 e. The summed E-state index contributed by atoms with van der Waals surface area (Å²) in [4.78, 5) is 15.9. The molecule has 0 aliphatic carbocycles. The highest BCUT2D eigenvalue weighted by Gasteiger charge is 2.06. The highest BCUT2D eigenvalue weighted by atomic mass is 79.9. The van der Waals surface area contributed by atoms with E-state index in [1.807, 2.05) is 32.1 Å². The maximum Gasteiger partial charge on any atom is 0.251 e. The van der Waals surface area contributed by atoms with Crippen molar-refractivity contribution in [3.05, 3.63) is 34.1 Å². The zero-order chi connectivity index (χ0) is 12.1. The second-order valence-electron chi connectivity index (χ2n) is 3.52. The van der Waals surface area contributed by atoms with E-state index in [2.05, 4.69) is 26.2 Å². The normalized spacial score (nSPS) is 11.4. The number of allylic oxidation sites excluding steroid dienone is 1. The first kappa shape index (κ1) is 12.9. The molecular formula is C12H15BrN2O. The lowest BCUT2D eigenvalue weighted by Crippen LogP contribution is -2.13. The number of hydrogen-bond acceptors (Lipinski definition) is 2. The van der Waals surface area contributed by atoms with Crippen LogP contribution < -0.4 is 5.32 Å². The van der Waals surface area contributed by atoms with Crippen LogP contribution in [0.3, 0.4) is 0 Å². The molecule has 1 N–H and O–H groups in total. The van der Waals surface area contributed by atoms with Crippen LogP contribution in [0.15, 0.2) is 28.4 Å². The number of aromatic nitrogens is 1. The van der Waals surface area contributed by atoms with E-state index in [0.717, 1.165) is 28.0 Å². The second kappa shape index (κ2) is 5.80. The minimum absolute atomic E-state index is 0.0749. The lowest BCUT2D eigenvalue weighted by atomic mass is 10.2. The summed E-state index contributed by atoms with van der Waals surface area (Å²) >= 11 is 3.28. The topological polar surface area (TPSA) is 42.0 Å². The molecule has 86 valence electrons. The third kappa shape index (κ3) is 3.45. The Kier molecular flexibility index (Phi) is 4.68. The summed E-state index contributed by atoms with van der Waals surface area (Å²) in [6.07, 6.45) is 2.76. The van der Waals surface area contributed by atoms with Gasteiger partial charge in [0, 0.05) is 5.57 Å². The standard InChI is InChI=1S/C12H15BrN2O/c1-4-5-8(2)12(16)15-10-6-7-11(13)14-9(10)3/h5-7H,4H2,1-3H3,(H,15,16)/b8-5-. The number of aryl methyl sites for hydroxylation is 1. The first-order chi connectivity index (χ1) is 7.54. The van der Waals surface area contributed by atoms with Crippen LogP contribution in [0.1, 0.15) is 26.0 Å². The molecule has 0 atom stereocenters. The third-order valence-corrected chi connectivity index (χ3v) is 2.61. The molecule has 1 amide bonds. The van der Waals surface area contributed by atoms with Gasteiger partial charge in [0.25, 0.3) is 5.91 Å². The molecule has 1 rings (SSSR count). The van der Waals surface area contributed by atoms with E-state index in [0.29, 0.717) is 0 Å². The Balaban J connectivity index is 2.81. The summed E-state index contributed by atoms with van der Waals surface area (Å²) in [5, 5.41) is 2.83. The van der Waals surface area contributed by atoms with Crippen molar-refractivity contribution in [1.82, 2.24) is 4.98 Å². The SMILES string of the molecule is CC/C=C(/C)C(=O)Nc1ccc(Br)nc1C. The van der Waals surface area contributed by atoms with Crippen LogP contribution in [0.25, 0.3) is 0 Å². The van der Waals surface area contributed by atoms with Crippen LogP contribution in [-0.4, -0.2) is 10.9 Å². The van der Waals surface area contributed by atoms with Crippen molar-refractivity contribution in [2.24, 2.45) is 0 Å². The van der Waals surface area contributed by atoms with Crippen molar-refractivity contribution in [3.8, 4) is 0 Å². The van der Waals surface area contributed by atoms with E-state index >= 15 is 0 Å². The Labute approximate surface area is 104 Å². The Hall–Kier alpha value is -1.16. The molecular weight excluding hydrogens is 268 g/mol. The van der Waals surface area contributed by atoms with Crippen LogP contribution in [0.4, 0.5) is 5.69 Å². The van der Waals surface area contributed by atoms with Gasteiger partial charge in [0.05, 0.1) is 11.4 Å². The number of anilines is 1. The van der Waals surface area contributed by atoms with Crippen LogP contribution in [-0.2, 0) is 4.79 Å². The molecule has 4 heteroatoms. The lowest BCUT2D eigenvalue weighted by Gasteiger charge is -2.08. The number of nitrogens with one attached hydrogen (secondary N) is 1. The summed E-state index contributed by atoms with van der Waals surface area (Å²) in [5.41, 5.74) is 2.27. The fraction of sp³-hybridized carbons (Fsp3) is 0.333. The average molecular weight is 283 g/mol. The number of carbonyl (C=O) groups excluding carboxylic acids is 1. The molecule has 0 unspecified atom stereocenters. The van der Waals surface area contributed by atoms with Crippen molar-refractivity contribution >= 4 is 27.5 Å². The van der Waals surface area contributed by atoms with E-state index in [4.69, 9.17) is 0 Å². The Morgan fingerprint density at radius 2 is 2.25 bits per heavy atom. The number of halogens is 1. The first-order valence-corrected chi connectivity index (χ1v) is 5.95. The smallest absolute Gasteiger partial charge is 0.251 e. The van der Waals surface area contributed by atoms with Gasteiger partial charge in [-0.2, -0.15) is 0 Å². The van der Waals surface area contributed by atoms with E-state index in [1.165, 1.54) is 0 Å². The van der Waals surface area contributed by atoms with Crippen molar-refractivity contribution in [2.75, 3.05) is 5.32 Å². The van der Waals surface area contributed by atoms with Gasteiger partial charge in [-0.1, -0.05) is 13.0 Å². The average Bonchev–Trinajstić information content (AvgIpc) is 2.22. The van der Waals surface area contributed by atoms with Crippen LogP contribution >= 0.6 is 15.9 Å². The van der Waals surface area contributed by atoms with Gasteiger partial charge in [-0.25, -0.2) is 4.98 Å². The van der Waals surface area contributed by atoms with Crippen molar-refractivity contribution in [2.45, 2.75) is 27.2 Å². The predicted molar refractivity (Wildman–Crippen MR) is 69.4 cm³/mol. The molecule has 0 aliphatic heterocycles. The van der Waals surface area contributed by atoms with Gasteiger partial charge in [-0.3, -0.25) is 4.79 Å². The quantitative estimate of drug-likeness (QED) is 0.682. The molecule has 0 aliphatic rings. The molecule has 0 saturated heterocycles. The molecule has 16 heavy (non-hydrogen) atoms. The van der Waals surface area contributed by atoms with Crippen molar-refractivity contribution in [1.29, 1.82) is 0 Å². The number of hydrogen-bond donors (Lipinski definition) is 1. The fourth-order valence-electron chi connectivity index (χ4n) is 1.28. The Morgan fingerprint density at radius 3 is 2.81 bits per heavy atom. The van der Waals surface area contributed by atoms with E-state index < -0.39 is 0 Å². The third-order valence-electron chi connectivity index (χ3n) is 2.17. The molecule has 1 aromatic heterocycles. The number of nitrogens with zero attached hydrogens (tertiary/aromatic N) is 1. The molecule has 0 aromatic carbocycles. The molecule has 3 nitrogen and oxygen atoms in total. The van der Waals surface area contributed by atoms with E-state index in [1.54, 1.807) is 6.92 Å². The Bertz CT molecular complexity index is 427. The van der Waals surface area contributed by atoms with Gasteiger partial charge in [0.2, 0.25) is 0 Å². The summed E-state index contributed by atoms with van der Waals surface area (Å²) in [6.45, 7) is 5.67. The highest BCUT2D eigenvalue weighted by molar-refractivity contribution is 9.10. The van der Waals surface area contributed by atoms with E-state index in [9.17, 15) is 4.79 Å². The largest absolute Gasteiger partial charge is 0.321 e.